The molecule has 0 bridgehead atoms. The molecular weight excluding hydrogens is 336 g/mol. The number of methoxy groups -OCH3 is 2. The number of nitrogens with one attached hydrogen (secondary N) is 1. The van der Waals surface area contributed by atoms with Gasteiger partial charge in [0, 0.05) is 6.04 Å². The first-order chi connectivity index (χ1) is 11.5. The lowest BCUT2D eigenvalue weighted by atomic mass is 10.1. The summed E-state index contributed by atoms with van der Waals surface area (Å²) in [5.41, 5.74) is 1.05. The molecule has 0 aliphatic rings. The molecular formula is C17H21F2NO3S. The molecule has 0 amide bonds. The van der Waals surface area contributed by atoms with Crippen molar-refractivity contribution in [2.24, 2.45) is 0 Å². The molecule has 1 aromatic heterocycles. The van der Waals surface area contributed by atoms with E-state index in [9.17, 15) is 8.78 Å². The summed E-state index contributed by atoms with van der Waals surface area (Å²) >= 11 is 0.553. The number of thioether (sulfide) groups is 1. The second kappa shape index (κ2) is 8.94. The van der Waals surface area contributed by atoms with Crippen LogP contribution in [0.2, 0.25) is 0 Å². The van der Waals surface area contributed by atoms with Gasteiger partial charge < -0.3 is 19.2 Å². The molecule has 0 aliphatic heterocycles. The minimum Gasteiger partial charge on any atom is -0.493 e. The van der Waals surface area contributed by atoms with Crippen LogP contribution in [0.25, 0.3) is 0 Å². The molecule has 0 spiro atoms. The molecule has 0 aliphatic carbocycles. The van der Waals surface area contributed by atoms with E-state index < -0.39 is 5.76 Å². The highest BCUT2D eigenvalue weighted by molar-refractivity contribution is 7.98. The van der Waals surface area contributed by atoms with Crippen molar-refractivity contribution in [3.8, 4) is 11.5 Å². The molecule has 4 nitrogen and oxygen atoms in total. The van der Waals surface area contributed by atoms with Crippen LogP contribution < -0.4 is 14.8 Å². The van der Waals surface area contributed by atoms with Crippen molar-refractivity contribution in [1.29, 1.82) is 0 Å². The van der Waals surface area contributed by atoms with Gasteiger partial charge in [0.05, 0.1) is 26.5 Å². The van der Waals surface area contributed by atoms with E-state index in [1.54, 1.807) is 26.4 Å². The van der Waals surface area contributed by atoms with Crippen molar-refractivity contribution in [2.75, 3.05) is 14.2 Å². The van der Waals surface area contributed by atoms with Gasteiger partial charge in [0.25, 0.3) is 5.76 Å². The Balaban J connectivity index is 1.92. The van der Waals surface area contributed by atoms with Crippen LogP contribution in [0.5, 0.6) is 11.5 Å². The van der Waals surface area contributed by atoms with E-state index in [4.69, 9.17) is 13.9 Å². The van der Waals surface area contributed by atoms with Gasteiger partial charge in [-0.1, -0.05) is 17.8 Å². The molecule has 0 radical (unpaired) electrons. The first kappa shape index (κ1) is 18.6. The predicted molar refractivity (Wildman–Crippen MR) is 90.8 cm³/mol. The maximum Gasteiger partial charge on any atom is 0.284 e. The third kappa shape index (κ3) is 5.14. The largest absolute Gasteiger partial charge is 0.493 e. The minimum atomic E-state index is -2.39. The Morgan fingerprint density at radius 1 is 1.08 bits per heavy atom. The highest BCUT2D eigenvalue weighted by Crippen LogP contribution is 2.30. The lowest BCUT2D eigenvalue weighted by Crippen LogP contribution is -2.17. The minimum absolute atomic E-state index is 0.0637. The van der Waals surface area contributed by atoms with Gasteiger partial charge in [0.1, 0.15) is 11.5 Å². The molecule has 2 aromatic rings. The summed E-state index contributed by atoms with van der Waals surface area (Å²) in [6, 6.07) is 9.34. The lowest BCUT2D eigenvalue weighted by molar-refractivity contribution is 0.251. The number of benzene rings is 1. The normalized spacial score (nSPS) is 12.4. The Hall–Kier alpha value is -1.73. The Morgan fingerprint density at radius 3 is 2.46 bits per heavy atom. The van der Waals surface area contributed by atoms with E-state index in [1.165, 1.54) is 0 Å². The quantitative estimate of drug-likeness (QED) is 0.710. The van der Waals surface area contributed by atoms with Crippen molar-refractivity contribution < 1.29 is 22.7 Å². The van der Waals surface area contributed by atoms with Gasteiger partial charge in [0.2, 0.25) is 0 Å². The molecule has 1 N–H and O–H groups in total. The van der Waals surface area contributed by atoms with Crippen molar-refractivity contribution in [2.45, 2.75) is 31.0 Å². The summed E-state index contributed by atoms with van der Waals surface area (Å²) < 4.78 is 40.4. The van der Waals surface area contributed by atoms with Crippen molar-refractivity contribution in [3.63, 3.8) is 0 Å². The Bertz CT molecular complexity index is 649. The summed E-state index contributed by atoms with van der Waals surface area (Å²) in [6.45, 7) is 2.53. The molecule has 7 heteroatoms. The maximum atomic E-state index is 12.2. The van der Waals surface area contributed by atoms with Gasteiger partial charge in [-0.05, 0) is 36.8 Å². The second-order valence-corrected chi connectivity index (χ2v) is 6.14. The number of hydrogen-bond donors (Lipinski definition) is 1. The zero-order valence-electron chi connectivity index (χ0n) is 13.8. The van der Waals surface area contributed by atoms with Crippen LogP contribution in [-0.2, 0) is 12.3 Å². The average Bonchev–Trinajstić information content (AvgIpc) is 3.05. The lowest BCUT2D eigenvalue weighted by Gasteiger charge is -2.16. The van der Waals surface area contributed by atoms with Gasteiger partial charge in [-0.2, -0.15) is 8.78 Å². The summed E-state index contributed by atoms with van der Waals surface area (Å²) in [4.78, 5) is 0. The monoisotopic (exact) mass is 357 g/mol. The number of ether oxygens (including phenoxy) is 2. The van der Waals surface area contributed by atoms with Crippen LogP contribution in [0.3, 0.4) is 0 Å². The number of halogens is 2. The molecule has 24 heavy (non-hydrogen) atoms. The summed E-state index contributed by atoms with van der Waals surface area (Å²) in [7, 11) is 3.20. The first-order valence-electron chi connectivity index (χ1n) is 7.46. The van der Waals surface area contributed by atoms with Crippen LogP contribution in [0.15, 0.2) is 34.7 Å². The van der Waals surface area contributed by atoms with Crippen LogP contribution in [0.1, 0.15) is 30.0 Å². The zero-order chi connectivity index (χ0) is 17.5. The van der Waals surface area contributed by atoms with Crippen LogP contribution >= 0.6 is 11.8 Å². The zero-order valence-corrected chi connectivity index (χ0v) is 14.7. The SMILES string of the molecule is COc1ccc(C(C)NCc2ccc(CSC(F)F)o2)cc1OC. The average molecular weight is 357 g/mol. The summed E-state index contributed by atoms with van der Waals surface area (Å²) in [5, 5.41) is 3.34. The van der Waals surface area contributed by atoms with Crippen LogP contribution in [-0.4, -0.2) is 20.0 Å². The van der Waals surface area contributed by atoms with Crippen molar-refractivity contribution in [1.82, 2.24) is 5.32 Å². The summed E-state index contributed by atoms with van der Waals surface area (Å²) in [5.74, 6) is 0.404. The molecule has 132 valence electrons. The van der Waals surface area contributed by atoms with Gasteiger partial charge in [-0.3, -0.25) is 0 Å². The van der Waals surface area contributed by atoms with E-state index >= 15 is 0 Å². The third-order valence-corrected chi connectivity index (χ3v) is 4.26. The second-order valence-electron chi connectivity index (χ2n) is 5.16. The predicted octanol–water partition coefficient (Wildman–Crippen LogP) is 4.60. The Kier molecular flexibility index (Phi) is 6.93. The standard InChI is InChI=1S/C17H21F2NO3S/c1-11(12-4-7-15(21-2)16(8-12)22-3)20-9-13-5-6-14(23-13)10-24-17(18)19/h4-8,11,17,20H,9-10H2,1-3H3. The number of rotatable bonds is 9. The van der Waals surface area contributed by atoms with Gasteiger partial charge >= 0.3 is 0 Å². The van der Waals surface area contributed by atoms with Gasteiger partial charge in [-0.15, -0.1) is 0 Å². The summed E-state index contributed by atoms with van der Waals surface area (Å²) in [6.07, 6.45) is 0. The molecule has 1 atom stereocenters. The van der Waals surface area contributed by atoms with Crippen molar-refractivity contribution in [3.05, 3.63) is 47.4 Å². The molecule has 0 fully saturated rings. The Labute approximate surface area is 144 Å². The van der Waals surface area contributed by atoms with E-state index in [1.807, 2.05) is 25.1 Å². The molecule has 0 saturated carbocycles. The number of alkyl halides is 2. The van der Waals surface area contributed by atoms with Crippen molar-refractivity contribution >= 4 is 11.8 Å². The van der Waals surface area contributed by atoms with Crippen LogP contribution in [0.4, 0.5) is 8.78 Å². The molecule has 1 aromatic carbocycles. The molecule has 2 rings (SSSR count). The number of hydrogen-bond acceptors (Lipinski definition) is 5. The molecule has 0 saturated heterocycles. The van der Waals surface area contributed by atoms with Crippen LogP contribution in [0, 0.1) is 0 Å². The number of furan rings is 1. The van der Waals surface area contributed by atoms with E-state index in [2.05, 4.69) is 5.32 Å². The fourth-order valence-corrected chi connectivity index (χ4v) is 2.68. The molecule has 1 heterocycles. The van der Waals surface area contributed by atoms with Gasteiger partial charge in [0.15, 0.2) is 11.5 Å². The molecule has 1 unspecified atom stereocenters. The van der Waals surface area contributed by atoms with E-state index in [0.717, 1.165) is 5.56 Å². The fraction of sp³-hybridized carbons (Fsp3) is 0.412. The highest BCUT2D eigenvalue weighted by Gasteiger charge is 2.11. The maximum absolute atomic E-state index is 12.2. The van der Waals surface area contributed by atoms with E-state index in [-0.39, 0.29) is 11.8 Å². The third-order valence-electron chi connectivity index (χ3n) is 3.56. The van der Waals surface area contributed by atoms with Gasteiger partial charge in [-0.25, -0.2) is 0 Å². The smallest absolute Gasteiger partial charge is 0.284 e. The highest BCUT2D eigenvalue weighted by atomic mass is 32.2. The fourth-order valence-electron chi connectivity index (χ4n) is 2.23. The van der Waals surface area contributed by atoms with E-state index in [0.29, 0.717) is 41.3 Å². The Morgan fingerprint density at radius 2 is 1.79 bits per heavy atom. The first-order valence-corrected chi connectivity index (χ1v) is 8.51. The topological polar surface area (TPSA) is 43.6 Å².